The smallest absolute Gasteiger partial charge is 0.151 e. The molecule has 0 amide bonds. The fourth-order valence-electron chi connectivity index (χ4n) is 2.25. The molecule has 0 spiro atoms. The third-order valence-electron chi connectivity index (χ3n) is 3.14. The first kappa shape index (κ1) is 10.4. The van der Waals surface area contributed by atoms with Gasteiger partial charge in [-0.25, -0.2) is 8.42 Å². The first-order valence-corrected chi connectivity index (χ1v) is 7.34. The first-order chi connectivity index (χ1) is 6.55. The summed E-state index contributed by atoms with van der Waals surface area (Å²) < 4.78 is 22.4. The average Bonchev–Trinajstić information content (AvgIpc) is 2.78. The molecule has 0 aromatic heterocycles. The summed E-state index contributed by atoms with van der Waals surface area (Å²) in [6, 6.07) is 0.703. The summed E-state index contributed by atoms with van der Waals surface area (Å²) in [7, 11) is -2.72. The molecule has 1 aliphatic carbocycles. The van der Waals surface area contributed by atoms with Crippen molar-refractivity contribution in [3.8, 4) is 0 Å². The van der Waals surface area contributed by atoms with Gasteiger partial charge in [-0.2, -0.15) is 0 Å². The molecule has 4 heteroatoms. The van der Waals surface area contributed by atoms with Gasteiger partial charge in [-0.15, -0.1) is 0 Å². The molecule has 2 rings (SSSR count). The minimum atomic E-state index is -2.72. The molecule has 0 bridgehead atoms. The largest absolute Gasteiger partial charge is 0.310 e. The van der Waals surface area contributed by atoms with Crippen LogP contribution in [0, 0.1) is 5.92 Å². The van der Waals surface area contributed by atoms with E-state index in [2.05, 4.69) is 12.2 Å². The lowest BCUT2D eigenvalue weighted by Crippen LogP contribution is -2.37. The standard InChI is InChI=1S/C10H19NO2S/c1-8(6-9-2-3-9)11-10-4-5-14(12,13)7-10/h8-11H,2-7H2,1H3. The van der Waals surface area contributed by atoms with Gasteiger partial charge in [0.05, 0.1) is 11.5 Å². The van der Waals surface area contributed by atoms with Gasteiger partial charge >= 0.3 is 0 Å². The molecular weight excluding hydrogens is 198 g/mol. The number of hydrogen-bond acceptors (Lipinski definition) is 3. The zero-order chi connectivity index (χ0) is 10.2. The summed E-state index contributed by atoms with van der Waals surface area (Å²) in [4.78, 5) is 0. The molecule has 2 unspecified atom stereocenters. The molecule has 1 saturated heterocycles. The van der Waals surface area contributed by atoms with Crippen molar-refractivity contribution in [3.63, 3.8) is 0 Å². The van der Waals surface area contributed by atoms with Gasteiger partial charge in [0.15, 0.2) is 9.84 Å². The number of nitrogens with one attached hydrogen (secondary N) is 1. The van der Waals surface area contributed by atoms with Gasteiger partial charge in [-0.1, -0.05) is 12.8 Å². The van der Waals surface area contributed by atoms with Crippen LogP contribution in [0.3, 0.4) is 0 Å². The Labute approximate surface area is 86.2 Å². The summed E-state index contributed by atoms with van der Waals surface area (Å²) in [5.74, 6) is 1.64. The second-order valence-corrected chi connectivity index (χ2v) is 7.08. The highest BCUT2D eigenvalue weighted by Crippen LogP contribution is 2.33. The van der Waals surface area contributed by atoms with E-state index >= 15 is 0 Å². The Kier molecular flexibility index (Phi) is 2.84. The van der Waals surface area contributed by atoms with Crippen molar-refractivity contribution in [1.82, 2.24) is 5.32 Å². The second-order valence-electron chi connectivity index (χ2n) is 4.85. The van der Waals surface area contributed by atoms with E-state index < -0.39 is 9.84 Å². The molecule has 82 valence electrons. The van der Waals surface area contributed by atoms with Gasteiger partial charge < -0.3 is 5.32 Å². The lowest BCUT2D eigenvalue weighted by Gasteiger charge is -2.17. The molecule has 1 N–H and O–H groups in total. The van der Waals surface area contributed by atoms with Crippen LogP contribution in [0.4, 0.5) is 0 Å². The predicted molar refractivity (Wildman–Crippen MR) is 57.0 cm³/mol. The fourth-order valence-corrected chi connectivity index (χ4v) is 3.94. The van der Waals surface area contributed by atoms with Crippen LogP contribution in [0.25, 0.3) is 0 Å². The van der Waals surface area contributed by atoms with E-state index in [1.807, 2.05) is 0 Å². The van der Waals surface area contributed by atoms with Crippen LogP contribution in [0.15, 0.2) is 0 Å². The Bertz CT molecular complexity index is 295. The van der Waals surface area contributed by atoms with Crippen molar-refractivity contribution in [1.29, 1.82) is 0 Å². The van der Waals surface area contributed by atoms with Crippen LogP contribution in [-0.4, -0.2) is 32.0 Å². The Morgan fingerprint density at radius 3 is 2.57 bits per heavy atom. The SMILES string of the molecule is CC(CC1CC1)NC1CCS(=O)(=O)C1. The van der Waals surface area contributed by atoms with Crippen molar-refractivity contribution < 1.29 is 8.42 Å². The van der Waals surface area contributed by atoms with Gasteiger partial charge in [0.25, 0.3) is 0 Å². The lowest BCUT2D eigenvalue weighted by molar-refractivity contribution is 0.434. The first-order valence-electron chi connectivity index (χ1n) is 5.51. The maximum atomic E-state index is 11.2. The average molecular weight is 217 g/mol. The van der Waals surface area contributed by atoms with Crippen LogP contribution in [0.1, 0.15) is 32.6 Å². The molecular formula is C10H19NO2S. The Balaban J connectivity index is 1.74. The Morgan fingerprint density at radius 2 is 2.07 bits per heavy atom. The quantitative estimate of drug-likeness (QED) is 0.762. The normalized spacial score (nSPS) is 33.1. The van der Waals surface area contributed by atoms with Crippen molar-refractivity contribution in [2.24, 2.45) is 5.92 Å². The second kappa shape index (κ2) is 3.81. The Morgan fingerprint density at radius 1 is 1.36 bits per heavy atom. The molecule has 14 heavy (non-hydrogen) atoms. The van der Waals surface area contributed by atoms with E-state index in [1.54, 1.807) is 0 Å². The van der Waals surface area contributed by atoms with E-state index in [0.29, 0.717) is 17.5 Å². The zero-order valence-electron chi connectivity index (χ0n) is 8.70. The van der Waals surface area contributed by atoms with Crippen molar-refractivity contribution >= 4 is 9.84 Å². The monoisotopic (exact) mass is 217 g/mol. The highest BCUT2D eigenvalue weighted by atomic mass is 32.2. The van der Waals surface area contributed by atoms with Crippen LogP contribution < -0.4 is 5.32 Å². The number of rotatable bonds is 4. The van der Waals surface area contributed by atoms with Gasteiger partial charge in [0.2, 0.25) is 0 Å². The van der Waals surface area contributed by atoms with E-state index in [0.717, 1.165) is 12.3 Å². The third-order valence-corrected chi connectivity index (χ3v) is 4.90. The van der Waals surface area contributed by atoms with Gasteiger partial charge in [-0.3, -0.25) is 0 Å². The zero-order valence-corrected chi connectivity index (χ0v) is 9.52. The predicted octanol–water partition coefficient (Wildman–Crippen LogP) is 0.952. The van der Waals surface area contributed by atoms with E-state index in [-0.39, 0.29) is 6.04 Å². The van der Waals surface area contributed by atoms with Crippen molar-refractivity contribution in [2.45, 2.75) is 44.7 Å². The van der Waals surface area contributed by atoms with E-state index in [1.165, 1.54) is 19.3 Å². The van der Waals surface area contributed by atoms with Crippen molar-refractivity contribution in [3.05, 3.63) is 0 Å². The van der Waals surface area contributed by atoms with Crippen molar-refractivity contribution in [2.75, 3.05) is 11.5 Å². The summed E-state index contributed by atoms with van der Waals surface area (Å²) in [5.41, 5.74) is 0. The molecule has 1 heterocycles. The molecule has 1 saturated carbocycles. The Hall–Kier alpha value is -0.0900. The van der Waals surface area contributed by atoms with Crippen LogP contribution in [-0.2, 0) is 9.84 Å². The van der Waals surface area contributed by atoms with Gasteiger partial charge in [0.1, 0.15) is 0 Å². The molecule has 2 aliphatic rings. The number of hydrogen-bond donors (Lipinski definition) is 1. The highest BCUT2D eigenvalue weighted by molar-refractivity contribution is 7.91. The molecule has 0 radical (unpaired) electrons. The third kappa shape index (κ3) is 2.95. The fraction of sp³-hybridized carbons (Fsp3) is 1.00. The topological polar surface area (TPSA) is 46.2 Å². The molecule has 2 atom stereocenters. The highest BCUT2D eigenvalue weighted by Gasteiger charge is 2.30. The van der Waals surface area contributed by atoms with Gasteiger partial charge in [0, 0.05) is 12.1 Å². The molecule has 3 nitrogen and oxygen atoms in total. The van der Waals surface area contributed by atoms with E-state index in [4.69, 9.17) is 0 Å². The summed E-state index contributed by atoms with van der Waals surface area (Å²) in [6.45, 7) is 2.17. The number of sulfone groups is 1. The maximum Gasteiger partial charge on any atom is 0.151 e. The van der Waals surface area contributed by atoms with Crippen LogP contribution >= 0.6 is 0 Å². The minimum absolute atomic E-state index is 0.216. The van der Waals surface area contributed by atoms with Gasteiger partial charge in [-0.05, 0) is 25.7 Å². The lowest BCUT2D eigenvalue weighted by atomic mass is 10.1. The molecule has 1 aliphatic heterocycles. The van der Waals surface area contributed by atoms with E-state index in [9.17, 15) is 8.42 Å². The molecule has 0 aromatic rings. The van der Waals surface area contributed by atoms with Crippen LogP contribution in [0.2, 0.25) is 0 Å². The summed E-state index contributed by atoms with van der Waals surface area (Å²) in [6.07, 6.45) is 4.76. The maximum absolute atomic E-state index is 11.2. The molecule has 0 aromatic carbocycles. The van der Waals surface area contributed by atoms with Crippen LogP contribution in [0.5, 0.6) is 0 Å². The molecule has 2 fully saturated rings. The summed E-state index contributed by atoms with van der Waals surface area (Å²) in [5, 5.41) is 3.43. The minimum Gasteiger partial charge on any atom is -0.310 e. The summed E-state index contributed by atoms with van der Waals surface area (Å²) >= 11 is 0.